The molecular weight excluding hydrogens is 356 g/mol. The van der Waals surface area contributed by atoms with Crippen LogP contribution < -0.4 is 5.32 Å². The average Bonchev–Trinajstić information content (AvgIpc) is 3.10. The number of rotatable bonds is 5. The van der Waals surface area contributed by atoms with E-state index in [9.17, 15) is 13.6 Å². The molecule has 9 heteroatoms. The number of carbonyl (C=O) groups is 1. The van der Waals surface area contributed by atoms with Crippen LogP contribution in [-0.4, -0.2) is 32.8 Å². The third kappa shape index (κ3) is 3.62. The van der Waals surface area contributed by atoms with Gasteiger partial charge in [0.15, 0.2) is 5.82 Å². The second kappa shape index (κ2) is 7.48. The van der Waals surface area contributed by atoms with Gasteiger partial charge in [0, 0.05) is 6.07 Å². The summed E-state index contributed by atoms with van der Waals surface area (Å²) in [6.45, 7) is 3.80. The van der Waals surface area contributed by atoms with E-state index in [1.807, 2.05) is 13.8 Å². The van der Waals surface area contributed by atoms with Crippen molar-refractivity contribution in [1.29, 1.82) is 0 Å². The number of carbonyl (C=O) groups excluding carboxylic acids is 1. The molecule has 0 unspecified atom stereocenters. The maximum Gasteiger partial charge on any atom is 0.341 e. The summed E-state index contributed by atoms with van der Waals surface area (Å²) >= 11 is 0. The van der Waals surface area contributed by atoms with Crippen LogP contribution in [0.15, 0.2) is 36.8 Å². The van der Waals surface area contributed by atoms with Crippen molar-refractivity contribution in [2.45, 2.75) is 19.8 Å². The Kier molecular flexibility index (Phi) is 5.11. The van der Waals surface area contributed by atoms with E-state index >= 15 is 0 Å². The number of esters is 1. The molecule has 0 radical (unpaired) electrons. The first-order valence-electron chi connectivity index (χ1n) is 8.12. The van der Waals surface area contributed by atoms with Gasteiger partial charge < -0.3 is 10.1 Å². The highest BCUT2D eigenvalue weighted by molar-refractivity contribution is 5.90. The number of hydrogen-bond acceptors (Lipinski definition) is 6. The zero-order chi connectivity index (χ0) is 19.6. The van der Waals surface area contributed by atoms with Crippen LogP contribution in [0.5, 0.6) is 0 Å². The van der Waals surface area contributed by atoms with Crippen LogP contribution in [0.1, 0.15) is 35.8 Å². The number of nitrogens with one attached hydrogen (secondary N) is 1. The standard InChI is InChI=1S/C18H17F2N5O2/c1-10(2)17-11(18(26)27-3)8-23-25(17)15-7-14(21-9-22-15)24-16-12(19)5-4-6-13(16)20/h4-10H,1-3H3,(H,21,22,24). The molecule has 0 aliphatic rings. The highest BCUT2D eigenvalue weighted by Gasteiger charge is 2.22. The quantitative estimate of drug-likeness (QED) is 0.688. The average molecular weight is 373 g/mol. The van der Waals surface area contributed by atoms with Crippen molar-refractivity contribution in [3.63, 3.8) is 0 Å². The lowest BCUT2D eigenvalue weighted by atomic mass is 10.1. The molecule has 3 aromatic rings. The second-order valence-electron chi connectivity index (χ2n) is 5.98. The molecule has 140 valence electrons. The van der Waals surface area contributed by atoms with Crippen molar-refractivity contribution in [3.8, 4) is 5.82 Å². The monoisotopic (exact) mass is 373 g/mol. The number of halogens is 2. The van der Waals surface area contributed by atoms with Gasteiger partial charge in [-0.2, -0.15) is 5.10 Å². The summed E-state index contributed by atoms with van der Waals surface area (Å²) in [7, 11) is 1.29. The van der Waals surface area contributed by atoms with E-state index in [-0.39, 0.29) is 17.4 Å². The predicted molar refractivity (Wildman–Crippen MR) is 94.2 cm³/mol. The van der Waals surface area contributed by atoms with E-state index < -0.39 is 17.6 Å². The van der Waals surface area contributed by atoms with Gasteiger partial charge in [-0.15, -0.1) is 0 Å². The summed E-state index contributed by atoms with van der Waals surface area (Å²) in [5.74, 6) is -1.55. The van der Waals surface area contributed by atoms with Crippen molar-refractivity contribution in [3.05, 3.63) is 59.7 Å². The lowest BCUT2D eigenvalue weighted by molar-refractivity contribution is 0.0599. The van der Waals surface area contributed by atoms with Crippen molar-refractivity contribution in [2.75, 3.05) is 12.4 Å². The molecule has 1 aromatic carbocycles. The van der Waals surface area contributed by atoms with Crippen LogP contribution in [0.25, 0.3) is 5.82 Å². The molecule has 7 nitrogen and oxygen atoms in total. The van der Waals surface area contributed by atoms with Gasteiger partial charge in [0.1, 0.15) is 35.0 Å². The molecule has 0 amide bonds. The van der Waals surface area contributed by atoms with Gasteiger partial charge in [-0.1, -0.05) is 19.9 Å². The van der Waals surface area contributed by atoms with Gasteiger partial charge in [-0.25, -0.2) is 28.2 Å². The molecule has 2 aromatic heterocycles. The Balaban J connectivity index is 2.02. The maximum absolute atomic E-state index is 13.8. The molecule has 0 spiro atoms. The molecule has 0 saturated heterocycles. The molecule has 27 heavy (non-hydrogen) atoms. The first-order valence-corrected chi connectivity index (χ1v) is 8.12. The second-order valence-corrected chi connectivity index (χ2v) is 5.98. The van der Waals surface area contributed by atoms with Crippen molar-refractivity contribution < 1.29 is 18.3 Å². The Bertz CT molecular complexity index is 967. The van der Waals surface area contributed by atoms with E-state index in [2.05, 4.69) is 20.4 Å². The van der Waals surface area contributed by atoms with Crippen LogP contribution >= 0.6 is 0 Å². The van der Waals surface area contributed by atoms with Gasteiger partial charge >= 0.3 is 5.97 Å². The fraction of sp³-hybridized carbons (Fsp3) is 0.222. The maximum atomic E-state index is 13.8. The molecule has 0 fully saturated rings. The molecular formula is C18H17F2N5O2. The zero-order valence-electron chi connectivity index (χ0n) is 14.9. The Hall–Kier alpha value is -3.36. The van der Waals surface area contributed by atoms with Gasteiger partial charge in [0.2, 0.25) is 0 Å². The third-order valence-electron chi connectivity index (χ3n) is 3.84. The topological polar surface area (TPSA) is 81.9 Å². The number of methoxy groups -OCH3 is 1. The fourth-order valence-corrected chi connectivity index (χ4v) is 2.64. The van der Waals surface area contributed by atoms with Gasteiger partial charge in [-0.3, -0.25) is 0 Å². The Labute approximate surface area is 154 Å². The number of anilines is 2. The number of benzene rings is 1. The fourth-order valence-electron chi connectivity index (χ4n) is 2.64. The summed E-state index contributed by atoms with van der Waals surface area (Å²) in [5.41, 5.74) is 0.603. The summed E-state index contributed by atoms with van der Waals surface area (Å²) in [4.78, 5) is 20.1. The number of aromatic nitrogens is 4. The lowest BCUT2D eigenvalue weighted by Crippen LogP contribution is -2.11. The summed E-state index contributed by atoms with van der Waals surface area (Å²) in [5, 5.41) is 6.82. The summed E-state index contributed by atoms with van der Waals surface area (Å²) in [6.07, 6.45) is 2.63. The predicted octanol–water partition coefficient (Wildman–Crippen LogP) is 3.59. The first kappa shape index (κ1) is 18.4. The Morgan fingerprint density at radius 3 is 2.56 bits per heavy atom. The van der Waals surface area contributed by atoms with Crippen LogP contribution in [-0.2, 0) is 4.74 Å². The SMILES string of the molecule is COC(=O)c1cnn(-c2cc(Nc3c(F)cccc3F)ncn2)c1C(C)C. The number of para-hydroxylation sites is 1. The van der Waals surface area contributed by atoms with Gasteiger partial charge in [0.25, 0.3) is 0 Å². The van der Waals surface area contributed by atoms with Crippen LogP contribution in [0.4, 0.5) is 20.3 Å². The van der Waals surface area contributed by atoms with E-state index in [1.54, 1.807) is 0 Å². The molecule has 0 bridgehead atoms. The first-order chi connectivity index (χ1) is 12.9. The molecule has 0 aliphatic carbocycles. The Morgan fingerprint density at radius 1 is 1.22 bits per heavy atom. The zero-order valence-corrected chi connectivity index (χ0v) is 14.9. The Morgan fingerprint density at radius 2 is 1.93 bits per heavy atom. The number of ether oxygens (including phenoxy) is 1. The van der Waals surface area contributed by atoms with Crippen LogP contribution in [0.3, 0.4) is 0 Å². The van der Waals surface area contributed by atoms with E-state index in [0.29, 0.717) is 17.1 Å². The molecule has 0 saturated carbocycles. The summed E-state index contributed by atoms with van der Waals surface area (Å²) in [6, 6.07) is 5.03. The normalized spacial score (nSPS) is 10.9. The molecule has 2 heterocycles. The smallest absolute Gasteiger partial charge is 0.341 e. The third-order valence-corrected chi connectivity index (χ3v) is 3.84. The minimum Gasteiger partial charge on any atom is -0.465 e. The lowest BCUT2D eigenvalue weighted by Gasteiger charge is -2.13. The minimum atomic E-state index is -0.745. The molecule has 0 atom stereocenters. The van der Waals surface area contributed by atoms with Gasteiger partial charge in [0.05, 0.1) is 19.0 Å². The van der Waals surface area contributed by atoms with Gasteiger partial charge in [-0.05, 0) is 18.1 Å². The molecule has 1 N–H and O–H groups in total. The van der Waals surface area contributed by atoms with Crippen molar-refractivity contribution in [1.82, 2.24) is 19.7 Å². The highest BCUT2D eigenvalue weighted by Crippen LogP contribution is 2.25. The number of hydrogen-bond donors (Lipinski definition) is 1. The molecule has 3 rings (SSSR count). The van der Waals surface area contributed by atoms with E-state index in [4.69, 9.17) is 4.74 Å². The minimum absolute atomic E-state index is 0.0583. The largest absolute Gasteiger partial charge is 0.465 e. The van der Waals surface area contributed by atoms with Crippen molar-refractivity contribution in [2.24, 2.45) is 0 Å². The van der Waals surface area contributed by atoms with Crippen LogP contribution in [0, 0.1) is 11.6 Å². The van der Waals surface area contributed by atoms with E-state index in [0.717, 1.165) is 12.1 Å². The summed E-state index contributed by atoms with van der Waals surface area (Å²) < 4.78 is 34.0. The van der Waals surface area contributed by atoms with Crippen molar-refractivity contribution >= 4 is 17.5 Å². The van der Waals surface area contributed by atoms with E-state index in [1.165, 1.54) is 36.4 Å². The van der Waals surface area contributed by atoms with Crippen LogP contribution in [0.2, 0.25) is 0 Å². The highest BCUT2D eigenvalue weighted by atomic mass is 19.1. The number of nitrogens with zero attached hydrogens (tertiary/aromatic N) is 4. The molecule has 0 aliphatic heterocycles.